The minimum atomic E-state index is -0.749. The number of urea groups is 1. The van der Waals surface area contributed by atoms with Crippen molar-refractivity contribution in [2.75, 3.05) is 11.9 Å². The summed E-state index contributed by atoms with van der Waals surface area (Å²) >= 11 is 6.06. The molecule has 4 aromatic rings. The first-order valence-electron chi connectivity index (χ1n) is 12.3. The molecule has 0 aliphatic carbocycles. The number of amides is 3. The van der Waals surface area contributed by atoms with Gasteiger partial charge in [0.25, 0.3) is 0 Å². The fraction of sp³-hybridized carbons (Fsp3) is 0.161. The van der Waals surface area contributed by atoms with Crippen molar-refractivity contribution in [1.29, 1.82) is 0 Å². The quantitative estimate of drug-likeness (QED) is 0.261. The molecule has 6 heteroatoms. The van der Waals surface area contributed by atoms with Crippen molar-refractivity contribution in [3.63, 3.8) is 0 Å². The van der Waals surface area contributed by atoms with Crippen LogP contribution in [0.3, 0.4) is 0 Å². The highest BCUT2D eigenvalue weighted by molar-refractivity contribution is 6.30. The van der Waals surface area contributed by atoms with E-state index in [9.17, 15) is 9.59 Å². The Kier molecular flexibility index (Phi) is 9.33. The molecular formula is C31H30ClN3O2. The third kappa shape index (κ3) is 8.23. The number of hydrogen-bond acceptors (Lipinski definition) is 2. The second kappa shape index (κ2) is 13.3. The van der Waals surface area contributed by atoms with E-state index in [0.29, 0.717) is 36.6 Å². The minimum Gasteiger partial charge on any atom is -0.336 e. The van der Waals surface area contributed by atoms with Crippen molar-refractivity contribution in [1.82, 2.24) is 10.2 Å². The van der Waals surface area contributed by atoms with E-state index in [4.69, 9.17) is 11.6 Å². The maximum Gasteiger partial charge on any atom is 0.319 e. The van der Waals surface area contributed by atoms with Gasteiger partial charge < -0.3 is 15.5 Å². The van der Waals surface area contributed by atoms with Crippen LogP contribution < -0.4 is 10.6 Å². The first-order chi connectivity index (χ1) is 18.1. The molecule has 188 valence electrons. The van der Waals surface area contributed by atoms with Crippen molar-refractivity contribution in [3.05, 3.63) is 137 Å². The Balaban J connectivity index is 1.55. The van der Waals surface area contributed by atoms with E-state index in [1.54, 1.807) is 24.3 Å². The van der Waals surface area contributed by atoms with E-state index in [-0.39, 0.29) is 5.91 Å². The van der Waals surface area contributed by atoms with E-state index < -0.39 is 12.1 Å². The zero-order valence-electron chi connectivity index (χ0n) is 20.5. The van der Waals surface area contributed by atoms with Gasteiger partial charge >= 0.3 is 6.03 Å². The molecule has 0 radical (unpaired) electrons. The number of nitrogens with one attached hydrogen (secondary N) is 2. The summed E-state index contributed by atoms with van der Waals surface area (Å²) in [4.78, 5) is 28.8. The van der Waals surface area contributed by atoms with Crippen LogP contribution in [0.2, 0.25) is 5.02 Å². The lowest BCUT2D eigenvalue weighted by molar-refractivity contribution is -0.133. The molecule has 0 heterocycles. The summed E-state index contributed by atoms with van der Waals surface area (Å²) in [7, 11) is 0. The van der Waals surface area contributed by atoms with Gasteiger partial charge in [-0.15, -0.1) is 0 Å². The molecule has 0 aliphatic rings. The van der Waals surface area contributed by atoms with E-state index >= 15 is 0 Å². The van der Waals surface area contributed by atoms with Crippen molar-refractivity contribution >= 4 is 29.2 Å². The summed E-state index contributed by atoms with van der Waals surface area (Å²) < 4.78 is 0. The first kappa shape index (κ1) is 26.0. The predicted octanol–water partition coefficient (Wildman–Crippen LogP) is 6.34. The molecule has 0 bridgehead atoms. The molecule has 2 N–H and O–H groups in total. The van der Waals surface area contributed by atoms with E-state index in [1.165, 1.54) is 0 Å². The first-order valence-corrected chi connectivity index (χ1v) is 12.7. The zero-order valence-corrected chi connectivity index (χ0v) is 21.3. The van der Waals surface area contributed by atoms with Crippen LogP contribution in [-0.4, -0.2) is 29.4 Å². The molecule has 0 aromatic heterocycles. The molecule has 0 saturated carbocycles. The highest BCUT2D eigenvalue weighted by atomic mass is 35.5. The predicted molar refractivity (Wildman–Crippen MR) is 150 cm³/mol. The standard InChI is InChI=1S/C31H30ClN3O2/c32-27-17-10-18-28(22-27)33-31(37)34-29(21-25-13-6-2-7-14-25)30(36)35(23-26-15-8-3-9-16-26)20-19-24-11-4-1-5-12-24/h1-18,22,29H,19-21,23H2,(H2,33,34,37). The van der Waals surface area contributed by atoms with Crippen LogP contribution in [0.5, 0.6) is 0 Å². The Morgan fingerprint density at radius 1 is 0.730 bits per heavy atom. The third-order valence-electron chi connectivity index (χ3n) is 6.01. The van der Waals surface area contributed by atoms with Crippen LogP contribution >= 0.6 is 11.6 Å². The molecule has 5 nitrogen and oxygen atoms in total. The van der Waals surface area contributed by atoms with Crippen molar-refractivity contribution in [2.45, 2.75) is 25.4 Å². The van der Waals surface area contributed by atoms with Crippen LogP contribution in [-0.2, 0) is 24.2 Å². The van der Waals surface area contributed by atoms with Gasteiger partial charge in [-0.2, -0.15) is 0 Å². The van der Waals surface area contributed by atoms with Crippen LogP contribution in [0.1, 0.15) is 16.7 Å². The summed E-state index contributed by atoms with van der Waals surface area (Å²) in [6.07, 6.45) is 1.09. The average molecular weight is 512 g/mol. The molecule has 1 atom stereocenters. The topological polar surface area (TPSA) is 61.4 Å². The summed E-state index contributed by atoms with van der Waals surface area (Å²) in [6.45, 7) is 0.982. The fourth-order valence-corrected chi connectivity index (χ4v) is 4.33. The SMILES string of the molecule is O=C(Nc1cccc(Cl)c1)NC(Cc1ccccc1)C(=O)N(CCc1ccccc1)Cc1ccccc1. The third-order valence-corrected chi connectivity index (χ3v) is 6.24. The Hall–Kier alpha value is -4.09. The van der Waals surface area contributed by atoms with Gasteiger partial charge in [0.1, 0.15) is 6.04 Å². The Morgan fingerprint density at radius 2 is 1.32 bits per heavy atom. The second-order valence-electron chi connectivity index (χ2n) is 8.83. The van der Waals surface area contributed by atoms with Gasteiger partial charge in [0.05, 0.1) is 0 Å². The van der Waals surface area contributed by atoms with Gasteiger partial charge in [-0.1, -0.05) is 109 Å². The van der Waals surface area contributed by atoms with E-state index in [0.717, 1.165) is 16.7 Å². The molecule has 3 amide bonds. The number of carbonyl (C=O) groups is 2. The highest BCUT2D eigenvalue weighted by Gasteiger charge is 2.26. The summed E-state index contributed by atoms with van der Waals surface area (Å²) in [6, 6.07) is 35.4. The number of halogens is 1. The van der Waals surface area contributed by atoms with Crippen molar-refractivity contribution < 1.29 is 9.59 Å². The molecular weight excluding hydrogens is 482 g/mol. The summed E-state index contributed by atoms with van der Waals surface area (Å²) in [5.41, 5.74) is 3.71. The minimum absolute atomic E-state index is 0.134. The van der Waals surface area contributed by atoms with Crippen molar-refractivity contribution in [3.8, 4) is 0 Å². The zero-order chi connectivity index (χ0) is 25.9. The lowest BCUT2D eigenvalue weighted by atomic mass is 10.0. The summed E-state index contributed by atoms with van der Waals surface area (Å²) in [5.74, 6) is -0.134. The molecule has 37 heavy (non-hydrogen) atoms. The van der Waals surface area contributed by atoms with Gasteiger partial charge in [-0.25, -0.2) is 4.79 Å². The van der Waals surface area contributed by atoms with Crippen LogP contribution in [0, 0.1) is 0 Å². The average Bonchev–Trinajstić information content (AvgIpc) is 2.92. The van der Waals surface area contributed by atoms with Crippen LogP contribution in [0.4, 0.5) is 10.5 Å². The molecule has 0 spiro atoms. The van der Waals surface area contributed by atoms with Gasteiger partial charge in [-0.3, -0.25) is 4.79 Å². The van der Waals surface area contributed by atoms with E-state index in [2.05, 4.69) is 22.8 Å². The fourth-order valence-electron chi connectivity index (χ4n) is 4.14. The molecule has 4 aromatic carbocycles. The smallest absolute Gasteiger partial charge is 0.319 e. The monoisotopic (exact) mass is 511 g/mol. The summed E-state index contributed by atoms with van der Waals surface area (Å²) in [5, 5.41) is 6.23. The van der Waals surface area contributed by atoms with Gasteiger partial charge in [-0.05, 0) is 41.3 Å². The lowest BCUT2D eigenvalue weighted by Crippen LogP contribution is -2.51. The maximum absolute atomic E-state index is 14.0. The molecule has 0 aliphatic heterocycles. The lowest BCUT2D eigenvalue weighted by Gasteiger charge is -2.28. The number of hydrogen-bond donors (Lipinski definition) is 2. The number of carbonyl (C=O) groups excluding carboxylic acids is 2. The van der Waals surface area contributed by atoms with Crippen molar-refractivity contribution in [2.24, 2.45) is 0 Å². The molecule has 0 fully saturated rings. The number of nitrogens with zero attached hydrogens (tertiary/aromatic N) is 1. The highest BCUT2D eigenvalue weighted by Crippen LogP contribution is 2.16. The van der Waals surface area contributed by atoms with Gasteiger partial charge in [0.2, 0.25) is 5.91 Å². The van der Waals surface area contributed by atoms with Crippen LogP contribution in [0.25, 0.3) is 0 Å². The number of rotatable bonds is 10. The second-order valence-corrected chi connectivity index (χ2v) is 9.27. The maximum atomic E-state index is 14.0. The normalized spacial score (nSPS) is 11.4. The Labute approximate surface area is 223 Å². The Bertz CT molecular complexity index is 1280. The molecule has 1 unspecified atom stereocenters. The molecule has 4 rings (SSSR count). The van der Waals surface area contributed by atoms with Crippen LogP contribution in [0.15, 0.2) is 115 Å². The number of benzene rings is 4. The van der Waals surface area contributed by atoms with Gasteiger partial charge in [0.15, 0.2) is 0 Å². The number of anilines is 1. The largest absolute Gasteiger partial charge is 0.336 e. The Morgan fingerprint density at radius 3 is 1.95 bits per heavy atom. The van der Waals surface area contributed by atoms with Gasteiger partial charge in [0, 0.05) is 30.2 Å². The van der Waals surface area contributed by atoms with E-state index in [1.807, 2.05) is 83.8 Å². The molecule has 0 saturated heterocycles.